The number of ether oxygens (including phenoxy) is 1. The van der Waals surface area contributed by atoms with E-state index in [1.807, 2.05) is 18.2 Å². The lowest BCUT2D eigenvalue weighted by Crippen LogP contribution is -2.24. The molecule has 20 heavy (non-hydrogen) atoms. The Morgan fingerprint density at radius 3 is 2.80 bits per heavy atom. The average Bonchev–Trinajstić information content (AvgIpc) is 2.51. The maximum absolute atomic E-state index is 12.3. The van der Waals surface area contributed by atoms with Crippen molar-refractivity contribution in [3.8, 4) is 5.88 Å². The molecule has 6 heteroatoms. The van der Waals surface area contributed by atoms with Crippen LogP contribution in [0, 0.1) is 0 Å². The van der Waals surface area contributed by atoms with Gasteiger partial charge in [0.2, 0.25) is 5.88 Å². The van der Waals surface area contributed by atoms with E-state index in [2.05, 4.69) is 15.3 Å². The molecule has 0 radical (unpaired) electrons. The fraction of sp³-hybridized carbons (Fsp3) is 0.143. The molecule has 0 fully saturated rings. The van der Waals surface area contributed by atoms with Crippen molar-refractivity contribution in [1.82, 2.24) is 20.0 Å². The van der Waals surface area contributed by atoms with Crippen LogP contribution in [0.2, 0.25) is 0 Å². The second-order valence-electron chi connectivity index (χ2n) is 4.28. The van der Waals surface area contributed by atoms with E-state index in [1.165, 1.54) is 4.68 Å². The van der Waals surface area contributed by atoms with Gasteiger partial charge in [-0.3, -0.25) is 4.79 Å². The lowest BCUT2D eigenvalue weighted by molar-refractivity contribution is 0.397. The highest BCUT2D eigenvalue weighted by Crippen LogP contribution is 2.08. The van der Waals surface area contributed by atoms with E-state index in [0.717, 1.165) is 5.56 Å². The molecule has 0 atom stereocenters. The Bertz CT molecular complexity index is 796. The van der Waals surface area contributed by atoms with Gasteiger partial charge in [-0.15, -0.1) is 5.10 Å². The Hall–Kier alpha value is -2.76. The summed E-state index contributed by atoms with van der Waals surface area (Å²) in [7, 11) is 1.56. The quantitative estimate of drug-likeness (QED) is 0.715. The largest absolute Gasteiger partial charge is 0.481 e. The predicted molar refractivity (Wildman–Crippen MR) is 73.7 cm³/mol. The number of benzene rings is 1. The molecule has 3 aromatic rings. The summed E-state index contributed by atoms with van der Waals surface area (Å²) in [4.78, 5) is 16.4. The van der Waals surface area contributed by atoms with Crippen LogP contribution >= 0.6 is 0 Å². The number of aromatic nitrogens is 4. The highest BCUT2D eigenvalue weighted by atomic mass is 16.5. The number of rotatable bonds is 3. The fourth-order valence-corrected chi connectivity index (χ4v) is 1.93. The van der Waals surface area contributed by atoms with Crippen LogP contribution in [0.25, 0.3) is 10.9 Å². The summed E-state index contributed by atoms with van der Waals surface area (Å²) < 4.78 is 6.32. The minimum Gasteiger partial charge on any atom is -0.481 e. The topological polar surface area (TPSA) is 69.9 Å². The Morgan fingerprint density at radius 1 is 1.20 bits per heavy atom. The third kappa shape index (κ3) is 2.23. The van der Waals surface area contributed by atoms with Crippen molar-refractivity contribution < 1.29 is 4.74 Å². The van der Waals surface area contributed by atoms with Gasteiger partial charge in [0.25, 0.3) is 5.56 Å². The van der Waals surface area contributed by atoms with Crippen LogP contribution < -0.4 is 10.3 Å². The summed E-state index contributed by atoms with van der Waals surface area (Å²) in [5, 5.41) is 8.54. The maximum Gasteiger partial charge on any atom is 0.277 e. The van der Waals surface area contributed by atoms with E-state index >= 15 is 0 Å². The van der Waals surface area contributed by atoms with Crippen molar-refractivity contribution in [2.24, 2.45) is 0 Å². The van der Waals surface area contributed by atoms with Gasteiger partial charge in [-0.1, -0.05) is 23.4 Å². The SMILES string of the molecule is COc1ccc(Cn2nnc3ccccc3c2=O)cn1. The molecule has 0 bridgehead atoms. The monoisotopic (exact) mass is 268 g/mol. The van der Waals surface area contributed by atoms with E-state index in [0.29, 0.717) is 23.3 Å². The summed E-state index contributed by atoms with van der Waals surface area (Å²) in [5.41, 5.74) is 1.30. The van der Waals surface area contributed by atoms with Gasteiger partial charge < -0.3 is 4.74 Å². The molecule has 0 unspecified atom stereocenters. The van der Waals surface area contributed by atoms with Crippen LogP contribution in [-0.2, 0) is 6.54 Å². The van der Waals surface area contributed by atoms with E-state index in [1.54, 1.807) is 31.5 Å². The van der Waals surface area contributed by atoms with Gasteiger partial charge in [-0.05, 0) is 17.7 Å². The molecule has 0 N–H and O–H groups in total. The normalized spacial score (nSPS) is 10.7. The smallest absolute Gasteiger partial charge is 0.277 e. The minimum atomic E-state index is -0.161. The first-order valence-electron chi connectivity index (χ1n) is 6.09. The second kappa shape index (κ2) is 5.08. The first-order valence-corrected chi connectivity index (χ1v) is 6.09. The summed E-state index contributed by atoms with van der Waals surface area (Å²) in [5.74, 6) is 0.533. The van der Waals surface area contributed by atoms with Crippen molar-refractivity contribution >= 4 is 10.9 Å². The minimum absolute atomic E-state index is 0.161. The van der Waals surface area contributed by atoms with Crippen LogP contribution in [0.4, 0.5) is 0 Å². The second-order valence-corrected chi connectivity index (χ2v) is 4.28. The Labute approximate surface area is 114 Å². The molecule has 0 amide bonds. The van der Waals surface area contributed by atoms with Crippen LogP contribution in [-0.4, -0.2) is 27.1 Å². The van der Waals surface area contributed by atoms with Crippen molar-refractivity contribution in [3.05, 3.63) is 58.5 Å². The van der Waals surface area contributed by atoms with Gasteiger partial charge >= 0.3 is 0 Å². The molecule has 0 saturated heterocycles. The summed E-state index contributed by atoms with van der Waals surface area (Å²) in [6.45, 7) is 0.327. The molecule has 1 aromatic carbocycles. The molecule has 0 aliphatic heterocycles. The van der Waals surface area contributed by atoms with Gasteiger partial charge in [0, 0.05) is 12.3 Å². The van der Waals surface area contributed by atoms with Crippen LogP contribution in [0.5, 0.6) is 5.88 Å². The first-order chi connectivity index (χ1) is 9.78. The van der Waals surface area contributed by atoms with Crippen molar-refractivity contribution in [2.75, 3.05) is 7.11 Å². The average molecular weight is 268 g/mol. The number of methoxy groups -OCH3 is 1. The lowest BCUT2D eigenvalue weighted by Gasteiger charge is -2.05. The molecule has 0 aliphatic rings. The maximum atomic E-state index is 12.3. The van der Waals surface area contributed by atoms with Gasteiger partial charge in [-0.2, -0.15) is 0 Å². The highest BCUT2D eigenvalue weighted by Gasteiger charge is 2.05. The Kier molecular flexibility index (Phi) is 3.12. The number of hydrogen-bond donors (Lipinski definition) is 0. The summed E-state index contributed by atoms with van der Waals surface area (Å²) in [6, 6.07) is 10.7. The molecule has 2 aromatic heterocycles. The zero-order valence-electron chi connectivity index (χ0n) is 10.9. The molecule has 2 heterocycles. The van der Waals surface area contributed by atoms with E-state index < -0.39 is 0 Å². The zero-order valence-corrected chi connectivity index (χ0v) is 10.9. The lowest BCUT2D eigenvalue weighted by atomic mass is 10.2. The molecule has 0 saturated carbocycles. The van der Waals surface area contributed by atoms with Gasteiger partial charge in [-0.25, -0.2) is 9.67 Å². The van der Waals surface area contributed by atoms with Gasteiger partial charge in [0.05, 0.1) is 19.0 Å². The van der Waals surface area contributed by atoms with Crippen LogP contribution in [0.1, 0.15) is 5.56 Å². The van der Waals surface area contributed by atoms with E-state index in [4.69, 9.17) is 4.74 Å². The van der Waals surface area contributed by atoms with Gasteiger partial charge in [0.1, 0.15) is 5.52 Å². The van der Waals surface area contributed by atoms with Crippen molar-refractivity contribution in [1.29, 1.82) is 0 Å². The third-order valence-corrected chi connectivity index (χ3v) is 2.97. The molecule has 0 spiro atoms. The molecule has 100 valence electrons. The third-order valence-electron chi connectivity index (χ3n) is 2.97. The number of pyridine rings is 1. The summed E-state index contributed by atoms with van der Waals surface area (Å²) in [6.07, 6.45) is 1.65. The predicted octanol–water partition coefficient (Wildman–Crippen LogP) is 1.24. The van der Waals surface area contributed by atoms with E-state index in [9.17, 15) is 4.79 Å². The first kappa shape index (κ1) is 12.3. The molecule has 0 aliphatic carbocycles. The van der Waals surface area contributed by atoms with Crippen molar-refractivity contribution in [3.63, 3.8) is 0 Å². The number of nitrogens with zero attached hydrogens (tertiary/aromatic N) is 4. The van der Waals surface area contributed by atoms with Crippen LogP contribution in [0.3, 0.4) is 0 Å². The van der Waals surface area contributed by atoms with Crippen molar-refractivity contribution in [2.45, 2.75) is 6.54 Å². The Morgan fingerprint density at radius 2 is 2.05 bits per heavy atom. The number of hydrogen-bond acceptors (Lipinski definition) is 5. The molecule has 3 rings (SSSR count). The highest BCUT2D eigenvalue weighted by molar-refractivity contribution is 5.76. The summed E-state index contributed by atoms with van der Waals surface area (Å²) >= 11 is 0. The standard InChI is InChI=1S/C14H12N4O2/c1-20-13-7-6-10(8-15-13)9-18-14(19)11-4-2-3-5-12(11)16-17-18/h2-8H,9H2,1H3. The fourth-order valence-electron chi connectivity index (χ4n) is 1.93. The number of fused-ring (bicyclic) bond motifs is 1. The molecular weight excluding hydrogens is 256 g/mol. The Balaban J connectivity index is 1.98. The van der Waals surface area contributed by atoms with Gasteiger partial charge in [0.15, 0.2) is 0 Å². The molecular formula is C14H12N4O2. The van der Waals surface area contributed by atoms with Crippen LogP contribution in [0.15, 0.2) is 47.4 Å². The molecule has 6 nitrogen and oxygen atoms in total. The zero-order chi connectivity index (χ0) is 13.9. The van der Waals surface area contributed by atoms with E-state index in [-0.39, 0.29) is 5.56 Å².